The second kappa shape index (κ2) is 19.9. The predicted octanol–water partition coefficient (Wildman–Crippen LogP) is 14.8. The fraction of sp³-hybridized carbons (Fsp3) is 0.692. The maximum absolute atomic E-state index is 2.67. The van der Waals surface area contributed by atoms with Crippen LogP contribution >= 0.6 is 0 Å². The Kier molecular flexibility index (Phi) is 16.3. The summed E-state index contributed by atoms with van der Waals surface area (Å²) in [6.07, 6.45) is 38.8. The van der Waals surface area contributed by atoms with Crippen molar-refractivity contribution in [3.05, 3.63) is 58.7 Å². The highest BCUT2D eigenvalue weighted by molar-refractivity contribution is 6.93. The SMILES string of the molecule is C[Si](C)(C)c1cc(C2CCCCC2)cc([Si](C)(C)C)c1/C=C/C1CCCCC1.C[Si](C)(C)c1cc(C2CCCCC2)cc([Si](C)(C)C)c1/C=C/C1CCCCC1. The topological polar surface area (TPSA) is 0 Å². The molecule has 0 radical (unpaired) electrons. The Morgan fingerprint density at radius 3 is 0.804 bits per heavy atom. The lowest BCUT2D eigenvalue weighted by Gasteiger charge is -2.31. The number of hydrogen-bond donors (Lipinski definition) is 0. The molecule has 0 atom stereocenters. The summed E-state index contributed by atoms with van der Waals surface area (Å²) in [5.74, 6) is 3.26. The fourth-order valence-corrected chi connectivity index (χ4v) is 17.4. The summed E-state index contributed by atoms with van der Waals surface area (Å²) in [5, 5.41) is 6.94. The van der Waals surface area contributed by atoms with Gasteiger partial charge in [-0.25, -0.2) is 0 Å². The van der Waals surface area contributed by atoms with Crippen LogP contribution in [0, 0.1) is 11.8 Å². The lowest BCUT2D eigenvalue weighted by Crippen LogP contribution is -2.48. The van der Waals surface area contributed by atoms with Crippen molar-refractivity contribution in [1.29, 1.82) is 0 Å². The molecule has 0 nitrogen and oxygen atoms in total. The summed E-state index contributed by atoms with van der Waals surface area (Å²) in [7, 11) is -5.60. The summed E-state index contributed by atoms with van der Waals surface area (Å²) < 4.78 is 0. The van der Waals surface area contributed by atoms with Crippen LogP contribution in [0.3, 0.4) is 0 Å². The van der Waals surface area contributed by atoms with Crippen LogP contribution in [-0.4, -0.2) is 32.3 Å². The normalized spacial score (nSPS) is 20.8. The molecule has 2 aromatic rings. The molecular weight excluding hydrogens is 737 g/mol. The van der Waals surface area contributed by atoms with Crippen molar-refractivity contribution < 1.29 is 0 Å². The van der Waals surface area contributed by atoms with Crippen molar-refractivity contribution in [3.8, 4) is 0 Å². The molecule has 0 N–H and O–H groups in total. The summed E-state index contributed by atoms with van der Waals surface area (Å²) in [6.45, 7) is 30.7. The molecule has 312 valence electrons. The van der Waals surface area contributed by atoms with Gasteiger partial charge >= 0.3 is 0 Å². The number of benzene rings is 2. The monoisotopic (exact) mass is 825 g/mol. The molecule has 2 aromatic carbocycles. The number of allylic oxidation sites excluding steroid dienone is 2. The van der Waals surface area contributed by atoms with E-state index in [1.807, 2.05) is 0 Å². The van der Waals surface area contributed by atoms with Gasteiger partial charge in [-0.15, -0.1) is 0 Å². The van der Waals surface area contributed by atoms with E-state index in [0.29, 0.717) is 0 Å². The third-order valence-corrected chi connectivity index (χ3v) is 22.3. The maximum Gasteiger partial charge on any atom is 0.0783 e. The molecule has 4 heteroatoms. The molecule has 4 aliphatic carbocycles. The van der Waals surface area contributed by atoms with Gasteiger partial charge in [-0.2, -0.15) is 0 Å². The largest absolute Gasteiger partial charge is 0.0808 e. The molecular formula is C52H88Si4. The Bertz CT molecular complexity index is 1400. The van der Waals surface area contributed by atoms with Crippen molar-refractivity contribution in [2.45, 2.75) is 219 Å². The van der Waals surface area contributed by atoms with Crippen LogP contribution in [0.4, 0.5) is 0 Å². The van der Waals surface area contributed by atoms with E-state index in [4.69, 9.17) is 0 Å². The third kappa shape index (κ3) is 12.9. The predicted molar refractivity (Wildman–Crippen MR) is 268 cm³/mol. The highest BCUT2D eigenvalue weighted by atomic mass is 28.3. The van der Waals surface area contributed by atoms with Gasteiger partial charge in [-0.3, -0.25) is 0 Å². The van der Waals surface area contributed by atoms with Crippen LogP contribution in [0.25, 0.3) is 12.2 Å². The van der Waals surface area contributed by atoms with E-state index in [2.05, 4.69) is 127 Å². The first-order valence-electron chi connectivity index (χ1n) is 24.1. The molecule has 6 rings (SSSR count). The zero-order valence-corrected chi connectivity index (χ0v) is 43.1. The smallest absolute Gasteiger partial charge is 0.0783 e. The lowest BCUT2D eigenvalue weighted by atomic mass is 9.83. The quantitative estimate of drug-likeness (QED) is 0.209. The molecule has 0 amide bonds. The van der Waals surface area contributed by atoms with Crippen molar-refractivity contribution in [1.82, 2.24) is 0 Å². The van der Waals surface area contributed by atoms with Crippen LogP contribution in [0.2, 0.25) is 78.6 Å². The fourth-order valence-electron chi connectivity index (χ4n) is 10.7. The average Bonchev–Trinajstić information content (AvgIpc) is 3.16. The molecule has 0 saturated heterocycles. The van der Waals surface area contributed by atoms with Gasteiger partial charge in [0.25, 0.3) is 0 Å². The Morgan fingerprint density at radius 2 is 0.571 bits per heavy atom. The van der Waals surface area contributed by atoms with Crippen molar-refractivity contribution in [3.63, 3.8) is 0 Å². The van der Waals surface area contributed by atoms with Gasteiger partial charge in [0, 0.05) is 0 Å². The molecule has 0 bridgehead atoms. The third-order valence-electron chi connectivity index (χ3n) is 14.2. The highest BCUT2D eigenvalue weighted by Crippen LogP contribution is 2.35. The lowest BCUT2D eigenvalue weighted by molar-refractivity contribution is 0.420. The van der Waals surface area contributed by atoms with Crippen LogP contribution in [0.1, 0.15) is 163 Å². The highest BCUT2D eigenvalue weighted by Gasteiger charge is 2.31. The molecule has 4 aliphatic rings. The molecule has 4 saturated carbocycles. The first-order chi connectivity index (χ1) is 26.3. The molecule has 0 heterocycles. The summed E-state index contributed by atoms with van der Waals surface area (Å²) in [5.41, 5.74) is 6.65. The van der Waals surface area contributed by atoms with E-state index in [-0.39, 0.29) is 0 Å². The standard InChI is InChI=1S/2C26H44Si2/c2*1-27(2,3)25-19-23(22-15-11-8-12-16-22)20-26(28(4,5)6)24(25)18-17-21-13-9-7-10-14-21/h2*17-22H,7-16H2,1-6H3/b2*18-17+. The van der Waals surface area contributed by atoms with Gasteiger partial charge in [0.1, 0.15) is 0 Å². The molecule has 0 unspecified atom stereocenters. The average molecular weight is 826 g/mol. The zero-order chi connectivity index (χ0) is 40.7. The summed E-state index contributed by atoms with van der Waals surface area (Å²) in [6, 6.07) is 10.7. The van der Waals surface area contributed by atoms with Gasteiger partial charge in [-0.1, -0.05) is 225 Å². The van der Waals surface area contributed by atoms with E-state index < -0.39 is 32.3 Å². The second-order valence-corrected chi connectivity index (χ2v) is 43.4. The van der Waals surface area contributed by atoms with Gasteiger partial charge in [0.15, 0.2) is 0 Å². The minimum absolute atomic E-state index is 0.815. The summed E-state index contributed by atoms with van der Waals surface area (Å²) in [4.78, 5) is 0. The molecule has 4 fully saturated rings. The first kappa shape index (κ1) is 45.9. The Hall–Kier alpha value is -1.21. The molecule has 0 spiro atoms. The number of hydrogen-bond acceptors (Lipinski definition) is 0. The van der Waals surface area contributed by atoms with Gasteiger partial charge < -0.3 is 0 Å². The maximum atomic E-state index is 2.67. The Morgan fingerprint density at radius 1 is 0.339 bits per heavy atom. The molecule has 0 aliphatic heterocycles. The second-order valence-electron chi connectivity index (χ2n) is 23.2. The van der Waals surface area contributed by atoms with Crippen LogP contribution in [0.15, 0.2) is 36.4 Å². The van der Waals surface area contributed by atoms with Crippen LogP contribution in [-0.2, 0) is 0 Å². The number of rotatable bonds is 10. The van der Waals surface area contributed by atoms with Gasteiger partial charge in [0.05, 0.1) is 32.3 Å². The van der Waals surface area contributed by atoms with Crippen molar-refractivity contribution in [2.24, 2.45) is 11.8 Å². The minimum Gasteiger partial charge on any atom is -0.0808 e. The zero-order valence-electron chi connectivity index (χ0n) is 39.1. The van der Waals surface area contributed by atoms with Gasteiger partial charge in [-0.05, 0) is 97.3 Å². The van der Waals surface area contributed by atoms with Gasteiger partial charge in [0.2, 0.25) is 0 Å². The molecule has 56 heavy (non-hydrogen) atoms. The Balaban J connectivity index is 0.000000214. The van der Waals surface area contributed by atoms with E-state index >= 15 is 0 Å². The molecule has 0 aromatic heterocycles. The van der Waals surface area contributed by atoms with Crippen molar-refractivity contribution in [2.75, 3.05) is 0 Å². The van der Waals surface area contributed by atoms with E-state index in [1.54, 1.807) is 43.0 Å². The van der Waals surface area contributed by atoms with Crippen LogP contribution < -0.4 is 20.7 Å². The van der Waals surface area contributed by atoms with Crippen LogP contribution in [0.5, 0.6) is 0 Å². The minimum atomic E-state index is -1.40. The Labute approximate surface area is 352 Å². The summed E-state index contributed by atoms with van der Waals surface area (Å²) >= 11 is 0. The first-order valence-corrected chi connectivity index (χ1v) is 38.1. The van der Waals surface area contributed by atoms with E-state index in [9.17, 15) is 0 Å². The van der Waals surface area contributed by atoms with E-state index in [0.717, 1.165) is 23.7 Å². The van der Waals surface area contributed by atoms with E-state index in [1.165, 1.54) is 128 Å². The van der Waals surface area contributed by atoms with Crippen molar-refractivity contribution >= 4 is 65.2 Å².